The van der Waals surface area contributed by atoms with Gasteiger partial charge in [-0.25, -0.2) is 0 Å². The summed E-state index contributed by atoms with van der Waals surface area (Å²) in [5.41, 5.74) is 0. The van der Waals surface area contributed by atoms with Crippen molar-refractivity contribution in [1.82, 2.24) is 10.6 Å². The first kappa shape index (κ1) is 17.8. The van der Waals surface area contributed by atoms with Crippen molar-refractivity contribution in [3.8, 4) is 0 Å². The lowest BCUT2D eigenvalue weighted by Crippen LogP contribution is -2.39. The molecule has 19 heavy (non-hydrogen) atoms. The lowest BCUT2D eigenvalue weighted by atomic mass is 10.3. The fraction of sp³-hybridized carbons (Fsp3) is 0.500. The molecule has 0 aliphatic carbocycles. The molecule has 0 saturated carbocycles. The molecule has 0 aliphatic heterocycles. The number of carbonyl (C=O) groups excluding carboxylic acids is 1. The van der Waals surface area contributed by atoms with Crippen LogP contribution in [0.25, 0.3) is 0 Å². The molecule has 0 fully saturated rings. The topological polar surface area (TPSA) is 75.9 Å². The van der Waals surface area contributed by atoms with E-state index in [-0.39, 0.29) is 29.9 Å². The van der Waals surface area contributed by atoms with Crippen molar-refractivity contribution >= 4 is 35.9 Å². The maximum atomic E-state index is 10.9. The fourth-order valence-corrected chi connectivity index (χ4v) is 1.36. The Morgan fingerprint density at radius 2 is 2.16 bits per heavy atom. The molecule has 1 heterocycles. The van der Waals surface area contributed by atoms with Gasteiger partial charge in [-0.1, -0.05) is 0 Å². The zero-order chi connectivity index (χ0) is 13.2. The Morgan fingerprint density at radius 3 is 2.74 bits per heavy atom. The number of aliphatic imine (C=N–C) groups is 1. The number of esters is 1. The number of guanidine groups is 1. The van der Waals surface area contributed by atoms with E-state index < -0.39 is 0 Å². The zero-order valence-corrected chi connectivity index (χ0v) is 13.5. The van der Waals surface area contributed by atoms with Gasteiger partial charge in [-0.2, -0.15) is 0 Å². The molecular weight excluding hydrogens is 361 g/mol. The van der Waals surface area contributed by atoms with Crippen LogP contribution in [-0.4, -0.2) is 39.2 Å². The van der Waals surface area contributed by atoms with Gasteiger partial charge in [0.05, 0.1) is 19.8 Å². The normalized spacial score (nSPS) is 10.5. The summed E-state index contributed by atoms with van der Waals surface area (Å²) in [6.07, 6.45) is 2.75. The van der Waals surface area contributed by atoms with Crippen LogP contribution >= 0.6 is 24.0 Å². The number of hydrogen-bond acceptors (Lipinski definition) is 4. The molecule has 0 bridgehead atoms. The Bertz CT molecular complexity index is 380. The van der Waals surface area contributed by atoms with E-state index in [0.717, 1.165) is 12.2 Å². The number of carbonyl (C=O) groups is 1. The number of hydrogen-bond donors (Lipinski definition) is 2. The molecule has 0 spiro atoms. The quantitative estimate of drug-likeness (QED) is 0.335. The van der Waals surface area contributed by atoms with Crippen LogP contribution in [0, 0.1) is 0 Å². The lowest BCUT2D eigenvalue weighted by molar-refractivity contribution is -0.140. The summed E-state index contributed by atoms with van der Waals surface area (Å²) >= 11 is 0. The highest BCUT2D eigenvalue weighted by Gasteiger charge is 2.02. The van der Waals surface area contributed by atoms with E-state index in [1.165, 1.54) is 7.11 Å². The lowest BCUT2D eigenvalue weighted by Gasteiger charge is -2.10. The van der Waals surface area contributed by atoms with Crippen molar-refractivity contribution in [2.24, 2.45) is 4.99 Å². The van der Waals surface area contributed by atoms with E-state index in [2.05, 4.69) is 20.4 Å². The molecule has 1 rings (SSSR count). The number of ether oxygens (including phenoxy) is 1. The Labute approximate surface area is 130 Å². The Kier molecular flexibility index (Phi) is 9.95. The molecule has 1 aromatic rings. The molecule has 2 N–H and O–H groups in total. The van der Waals surface area contributed by atoms with Crippen LogP contribution < -0.4 is 10.6 Å². The summed E-state index contributed by atoms with van der Waals surface area (Å²) in [6, 6.07) is 3.79. The molecule has 0 aromatic carbocycles. The number of nitrogens with one attached hydrogen (secondary N) is 2. The van der Waals surface area contributed by atoms with Gasteiger partial charge in [0.25, 0.3) is 0 Å². The van der Waals surface area contributed by atoms with Crippen LogP contribution in [-0.2, 0) is 16.0 Å². The van der Waals surface area contributed by atoms with Crippen LogP contribution in [0.15, 0.2) is 27.8 Å². The van der Waals surface area contributed by atoms with Gasteiger partial charge in [0.15, 0.2) is 5.96 Å². The van der Waals surface area contributed by atoms with E-state index in [1.807, 2.05) is 12.1 Å². The molecule has 108 valence electrons. The first-order valence-corrected chi connectivity index (χ1v) is 5.80. The number of nitrogens with zero attached hydrogens (tertiary/aromatic N) is 1. The van der Waals surface area contributed by atoms with Gasteiger partial charge in [-0.15, -0.1) is 24.0 Å². The largest absolute Gasteiger partial charge is 0.469 e. The summed E-state index contributed by atoms with van der Waals surface area (Å²) in [5, 5.41) is 6.15. The third-order valence-electron chi connectivity index (χ3n) is 2.32. The minimum atomic E-state index is -0.242. The molecule has 0 atom stereocenters. The minimum absolute atomic E-state index is 0. The predicted octanol–water partition coefficient (Wildman–Crippen LogP) is 1.17. The van der Waals surface area contributed by atoms with Gasteiger partial charge in [0.1, 0.15) is 5.76 Å². The van der Waals surface area contributed by atoms with E-state index in [0.29, 0.717) is 25.5 Å². The van der Waals surface area contributed by atoms with Gasteiger partial charge in [-0.05, 0) is 12.1 Å². The third-order valence-corrected chi connectivity index (χ3v) is 2.32. The molecule has 0 radical (unpaired) electrons. The van der Waals surface area contributed by atoms with Crippen LogP contribution in [0.4, 0.5) is 0 Å². The van der Waals surface area contributed by atoms with Crippen molar-refractivity contribution in [3.05, 3.63) is 24.2 Å². The molecule has 0 amide bonds. The first-order valence-electron chi connectivity index (χ1n) is 5.80. The molecule has 0 aliphatic rings. The highest BCUT2D eigenvalue weighted by Crippen LogP contribution is 1.99. The van der Waals surface area contributed by atoms with Gasteiger partial charge < -0.3 is 19.8 Å². The second-order valence-corrected chi connectivity index (χ2v) is 3.58. The fourth-order valence-electron chi connectivity index (χ4n) is 1.36. The zero-order valence-electron chi connectivity index (χ0n) is 11.1. The maximum Gasteiger partial charge on any atom is 0.307 e. The first-order chi connectivity index (χ1) is 8.76. The molecular formula is C12H20IN3O3. The summed E-state index contributed by atoms with van der Waals surface area (Å²) in [5.74, 6) is 1.34. The number of rotatable bonds is 6. The Hall–Kier alpha value is -1.25. The van der Waals surface area contributed by atoms with Gasteiger partial charge in [-0.3, -0.25) is 9.79 Å². The van der Waals surface area contributed by atoms with Crippen molar-refractivity contribution in [1.29, 1.82) is 0 Å². The number of furan rings is 1. The van der Waals surface area contributed by atoms with Crippen molar-refractivity contribution < 1.29 is 13.9 Å². The van der Waals surface area contributed by atoms with Gasteiger partial charge >= 0.3 is 5.97 Å². The standard InChI is InChI=1S/C12H19N3O3.HI/c1-13-12(15-8-6-11(16)17-2)14-7-5-10-4-3-9-18-10;/h3-4,9H,5-8H2,1-2H3,(H2,13,14,15);1H. The van der Waals surface area contributed by atoms with E-state index in [1.54, 1.807) is 13.3 Å². The molecule has 7 heteroatoms. The number of halogens is 1. The summed E-state index contributed by atoms with van der Waals surface area (Å²) in [7, 11) is 3.05. The smallest absolute Gasteiger partial charge is 0.307 e. The van der Waals surface area contributed by atoms with Gasteiger partial charge in [0, 0.05) is 26.6 Å². The third kappa shape index (κ3) is 7.70. The number of methoxy groups -OCH3 is 1. The Balaban J connectivity index is 0.00000324. The monoisotopic (exact) mass is 381 g/mol. The molecule has 6 nitrogen and oxygen atoms in total. The minimum Gasteiger partial charge on any atom is -0.469 e. The summed E-state index contributed by atoms with van der Waals surface area (Å²) in [4.78, 5) is 15.0. The average Bonchev–Trinajstić information content (AvgIpc) is 2.89. The van der Waals surface area contributed by atoms with E-state index >= 15 is 0 Å². The second kappa shape index (κ2) is 10.7. The highest BCUT2D eigenvalue weighted by molar-refractivity contribution is 14.0. The molecule has 1 aromatic heterocycles. The van der Waals surface area contributed by atoms with Crippen molar-refractivity contribution in [3.63, 3.8) is 0 Å². The van der Waals surface area contributed by atoms with Gasteiger partial charge in [0.2, 0.25) is 0 Å². The summed E-state index contributed by atoms with van der Waals surface area (Å²) in [6.45, 7) is 1.21. The second-order valence-electron chi connectivity index (χ2n) is 3.58. The molecule has 0 unspecified atom stereocenters. The Morgan fingerprint density at radius 1 is 1.42 bits per heavy atom. The van der Waals surface area contributed by atoms with Crippen LogP contribution in [0.3, 0.4) is 0 Å². The van der Waals surface area contributed by atoms with Crippen LogP contribution in [0.5, 0.6) is 0 Å². The van der Waals surface area contributed by atoms with Crippen LogP contribution in [0.2, 0.25) is 0 Å². The van der Waals surface area contributed by atoms with E-state index in [4.69, 9.17) is 4.42 Å². The van der Waals surface area contributed by atoms with E-state index in [9.17, 15) is 4.79 Å². The average molecular weight is 381 g/mol. The molecule has 0 saturated heterocycles. The van der Waals surface area contributed by atoms with Crippen molar-refractivity contribution in [2.75, 3.05) is 27.2 Å². The van der Waals surface area contributed by atoms with Crippen LogP contribution in [0.1, 0.15) is 12.2 Å². The van der Waals surface area contributed by atoms with Crippen molar-refractivity contribution in [2.45, 2.75) is 12.8 Å². The SMILES string of the molecule is CN=C(NCCC(=O)OC)NCCc1ccco1.I. The highest BCUT2D eigenvalue weighted by atomic mass is 127. The predicted molar refractivity (Wildman–Crippen MR) is 83.8 cm³/mol. The summed E-state index contributed by atoms with van der Waals surface area (Å²) < 4.78 is 9.76. The maximum absolute atomic E-state index is 10.9.